The number of nitrogens with two attached hydrogens (primary N) is 2. The standard InChI is InChI=1S/C10H10N4O/c11-8-6-9(14-10(12)13-8)15-7-4-2-1-3-5-7/h1-6H,(H4,11,12,13,14). The van der Waals surface area contributed by atoms with Gasteiger partial charge in [0.25, 0.3) is 0 Å². The Kier molecular flexibility index (Phi) is 2.37. The molecule has 0 fully saturated rings. The minimum Gasteiger partial charge on any atom is -0.439 e. The van der Waals surface area contributed by atoms with Crippen molar-refractivity contribution in [3.05, 3.63) is 36.4 Å². The molecule has 0 unspecified atom stereocenters. The lowest BCUT2D eigenvalue weighted by Crippen LogP contribution is -2.00. The van der Waals surface area contributed by atoms with Crippen molar-refractivity contribution >= 4 is 11.8 Å². The van der Waals surface area contributed by atoms with Crippen LogP contribution < -0.4 is 16.2 Å². The van der Waals surface area contributed by atoms with Gasteiger partial charge in [-0.05, 0) is 12.1 Å². The summed E-state index contributed by atoms with van der Waals surface area (Å²) in [6.45, 7) is 0. The minimum atomic E-state index is 0.0981. The van der Waals surface area contributed by atoms with Gasteiger partial charge in [-0.25, -0.2) is 0 Å². The number of benzene rings is 1. The van der Waals surface area contributed by atoms with E-state index in [0.29, 0.717) is 11.6 Å². The van der Waals surface area contributed by atoms with E-state index in [4.69, 9.17) is 16.2 Å². The lowest BCUT2D eigenvalue weighted by Gasteiger charge is -2.04. The van der Waals surface area contributed by atoms with E-state index in [1.807, 2.05) is 30.3 Å². The maximum atomic E-state index is 5.50. The van der Waals surface area contributed by atoms with Crippen LogP contribution in [0.2, 0.25) is 0 Å². The molecule has 0 aliphatic carbocycles. The molecule has 4 N–H and O–H groups in total. The average molecular weight is 202 g/mol. The molecule has 0 bridgehead atoms. The van der Waals surface area contributed by atoms with Gasteiger partial charge < -0.3 is 16.2 Å². The molecule has 2 rings (SSSR count). The van der Waals surface area contributed by atoms with Crippen LogP contribution in [0.25, 0.3) is 0 Å². The van der Waals surface area contributed by atoms with Gasteiger partial charge in [-0.3, -0.25) is 0 Å². The van der Waals surface area contributed by atoms with Crippen molar-refractivity contribution in [3.63, 3.8) is 0 Å². The predicted molar refractivity (Wildman–Crippen MR) is 57.4 cm³/mol. The molecule has 5 nitrogen and oxygen atoms in total. The zero-order valence-corrected chi connectivity index (χ0v) is 7.92. The van der Waals surface area contributed by atoms with Crippen molar-refractivity contribution in [2.24, 2.45) is 0 Å². The fourth-order valence-electron chi connectivity index (χ4n) is 1.12. The van der Waals surface area contributed by atoms with E-state index < -0.39 is 0 Å². The Hall–Kier alpha value is -2.30. The van der Waals surface area contributed by atoms with Gasteiger partial charge in [0.15, 0.2) is 0 Å². The molecule has 0 spiro atoms. The number of nitrogens with zero attached hydrogens (tertiary/aromatic N) is 2. The van der Waals surface area contributed by atoms with Crippen LogP contribution in [0.4, 0.5) is 11.8 Å². The summed E-state index contributed by atoms with van der Waals surface area (Å²) in [6, 6.07) is 10.8. The quantitative estimate of drug-likeness (QED) is 0.769. The first-order valence-corrected chi connectivity index (χ1v) is 4.37. The summed E-state index contributed by atoms with van der Waals surface area (Å²) >= 11 is 0. The number of hydrogen-bond acceptors (Lipinski definition) is 5. The second-order valence-electron chi connectivity index (χ2n) is 2.90. The second kappa shape index (κ2) is 3.83. The number of nitrogen functional groups attached to an aromatic ring is 2. The highest BCUT2D eigenvalue weighted by Gasteiger charge is 2.01. The van der Waals surface area contributed by atoms with Crippen LogP contribution in [0.5, 0.6) is 11.6 Å². The summed E-state index contributed by atoms with van der Waals surface area (Å²) in [5.41, 5.74) is 10.9. The Balaban J connectivity index is 2.25. The molecule has 0 atom stereocenters. The normalized spacial score (nSPS) is 9.87. The van der Waals surface area contributed by atoms with Gasteiger partial charge in [0.05, 0.1) is 0 Å². The van der Waals surface area contributed by atoms with Gasteiger partial charge in [0.2, 0.25) is 11.8 Å². The third-order valence-corrected chi connectivity index (χ3v) is 1.71. The molecule has 2 aromatic rings. The highest BCUT2D eigenvalue weighted by atomic mass is 16.5. The van der Waals surface area contributed by atoms with E-state index >= 15 is 0 Å². The molecule has 1 aromatic carbocycles. The molecular weight excluding hydrogens is 192 g/mol. The lowest BCUT2D eigenvalue weighted by molar-refractivity contribution is 0.463. The van der Waals surface area contributed by atoms with Crippen molar-refractivity contribution in [1.29, 1.82) is 0 Å². The average Bonchev–Trinajstić information content (AvgIpc) is 2.17. The summed E-state index contributed by atoms with van der Waals surface area (Å²) in [4.78, 5) is 7.63. The van der Waals surface area contributed by atoms with E-state index in [1.165, 1.54) is 6.07 Å². The smallest absolute Gasteiger partial charge is 0.226 e. The number of rotatable bonds is 2. The lowest BCUT2D eigenvalue weighted by atomic mass is 10.3. The molecule has 5 heteroatoms. The summed E-state index contributed by atoms with van der Waals surface area (Å²) in [7, 11) is 0. The van der Waals surface area contributed by atoms with Crippen LogP contribution in [0.3, 0.4) is 0 Å². The molecule has 76 valence electrons. The fraction of sp³-hybridized carbons (Fsp3) is 0. The van der Waals surface area contributed by atoms with Gasteiger partial charge in [-0.2, -0.15) is 9.97 Å². The molecule has 0 saturated heterocycles. The van der Waals surface area contributed by atoms with Gasteiger partial charge in [-0.1, -0.05) is 18.2 Å². The van der Waals surface area contributed by atoms with Crippen LogP contribution in [-0.2, 0) is 0 Å². The van der Waals surface area contributed by atoms with Gasteiger partial charge >= 0.3 is 0 Å². The third-order valence-electron chi connectivity index (χ3n) is 1.71. The Morgan fingerprint density at radius 3 is 2.40 bits per heavy atom. The SMILES string of the molecule is Nc1cc(Oc2ccccc2)nc(N)n1. The number of anilines is 2. The van der Waals surface area contributed by atoms with Crippen LogP contribution in [-0.4, -0.2) is 9.97 Å². The first-order chi connectivity index (χ1) is 7.24. The first-order valence-electron chi connectivity index (χ1n) is 4.37. The summed E-state index contributed by atoms with van der Waals surface area (Å²) < 4.78 is 5.43. The highest BCUT2D eigenvalue weighted by molar-refractivity contribution is 5.40. The van der Waals surface area contributed by atoms with Gasteiger partial charge in [0.1, 0.15) is 11.6 Å². The van der Waals surface area contributed by atoms with Crippen LogP contribution in [0.1, 0.15) is 0 Å². The second-order valence-corrected chi connectivity index (χ2v) is 2.90. The molecule has 0 aliphatic heterocycles. The van der Waals surface area contributed by atoms with Crippen LogP contribution in [0.15, 0.2) is 36.4 Å². The van der Waals surface area contributed by atoms with Crippen molar-refractivity contribution in [2.45, 2.75) is 0 Å². The molecule has 0 saturated carbocycles. The molecule has 15 heavy (non-hydrogen) atoms. The van der Waals surface area contributed by atoms with E-state index in [2.05, 4.69) is 9.97 Å². The zero-order valence-electron chi connectivity index (χ0n) is 7.92. The molecule has 0 radical (unpaired) electrons. The molecule has 1 heterocycles. The Morgan fingerprint density at radius 2 is 1.73 bits per heavy atom. The Labute approximate surface area is 86.7 Å². The number of para-hydroxylation sites is 1. The van der Waals surface area contributed by atoms with Crippen LogP contribution >= 0.6 is 0 Å². The fourth-order valence-corrected chi connectivity index (χ4v) is 1.12. The maximum absolute atomic E-state index is 5.50. The van der Waals surface area contributed by atoms with Crippen molar-refractivity contribution in [2.75, 3.05) is 11.5 Å². The van der Waals surface area contributed by atoms with Gasteiger partial charge in [-0.15, -0.1) is 0 Å². The molecule has 1 aromatic heterocycles. The van der Waals surface area contributed by atoms with Gasteiger partial charge in [0, 0.05) is 6.07 Å². The highest BCUT2D eigenvalue weighted by Crippen LogP contribution is 2.20. The third kappa shape index (κ3) is 2.34. The minimum absolute atomic E-state index is 0.0981. The maximum Gasteiger partial charge on any atom is 0.226 e. The summed E-state index contributed by atoms with van der Waals surface area (Å²) in [5, 5.41) is 0. The summed E-state index contributed by atoms with van der Waals surface area (Å²) in [5.74, 6) is 1.40. The summed E-state index contributed by atoms with van der Waals surface area (Å²) in [6.07, 6.45) is 0. The van der Waals surface area contributed by atoms with Crippen molar-refractivity contribution in [1.82, 2.24) is 9.97 Å². The predicted octanol–water partition coefficient (Wildman–Crippen LogP) is 1.43. The largest absolute Gasteiger partial charge is 0.439 e. The van der Waals surface area contributed by atoms with E-state index in [0.717, 1.165) is 0 Å². The molecule has 0 aliphatic rings. The monoisotopic (exact) mass is 202 g/mol. The zero-order chi connectivity index (χ0) is 10.7. The van der Waals surface area contributed by atoms with Crippen molar-refractivity contribution in [3.8, 4) is 11.6 Å². The topological polar surface area (TPSA) is 87.0 Å². The van der Waals surface area contributed by atoms with Crippen molar-refractivity contribution < 1.29 is 4.74 Å². The number of hydrogen-bond donors (Lipinski definition) is 2. The van der Waals surface area contributed by atoms with E-state index in [-0.39, 0.29) is 11.8 Å². The molecular formula is C10H10N4O. The Morgan fingerprint density at radius 1 is 1.00 bits per heavy atom. The first kappa shape index (κ1) is 9.26. The number of ether oxygens (including phenoxy) is 1. The Bertz CT molecular complexity index is 438. The molecule has 0 amide bonds. The van der Waals surface area contributed by atoms with Crippen LogP contribution in [0, 0.1) is 0 Å². The number of aromatic nitrogens is 2. The van der Waals surface area contributed by atoms with E-state index in [1.54, 1.807) is 0 Å². The van der Waals surface area contributed by atoms with E-state index in [9.17, 15) is 0 Å².